The molecule has 1 heteroatoms. The molecule has 19 heavy (non-hydrogen) atoms. The lowest BCUT2D eigenvalue weighted by Crippen LogP contribution is -2.10. The Morgan fingerprint density at radius 2 is 1.79 bits per heavy atom. The number of hydrogen-bond acceptors (Lipinski definition) is 0. The molecule has 0 heterocycles. The maximum atomic E-state index is 13.5. The molecule has 0 N–H and O–H groups in total. The Morgan fingerprint density at radius 3 is 2.74 bits per heavy atom. The highest BCUT2D eigenvalue weighted by molar-refractivity contribution is 5.77. The number of benzene rings is 2. The fourth-order valence-electron chi connectivity index (χ4n) is 3.42. The first-order valence-electron chi connectivity index (χ1n) is 6.93. The van der Waals surface area contributed by atoms with E-state index in [2.05, 4.69) is 24.3 Å². The molecular formula is C18H15F. The van der Waals surface area contributed by atoms with E-state index < -0.39 is 0 Å². The topological polar surface area (TPSA) is 0 Å². The van der Waals surface area contributed by atoms with Crippen LogP contribution < -0.4 is 0 Å². The second-order valence-electron chi connectivity index (χ2n) is 5.40. The summed E-state index contributed by atoms with van der Waals surface area (Å²) in [5.41, 5.74) is 7.90. The summed E-state index contributed by atoms with van der Waals surface area (Å²) in [4.78, 5) is 0. The van der Waals surface area contributed by atoms with Crippen molar-refractivity contribution in [2.24, 2.45) is 0 Å². The van der Waals surface area contributed by atoms with Gasteiger partial charge in [-0.3, -0.25) is 0 Å². The maximum Gasteiger partial charge on any atom is 0.123 e. The molecule has 2 aliphatic carbocycles. The maximum absolute atomic E-state index is 13.5. The van der Waals surface area contributed by atoms with E-state index in [-0.39, 0.29) is 5.82 Å². The Bertz CT molecular complexity index is 695. The zero-order valence-corrected chi connectivity index (χ0v) is 10.7. The number of rotatable bonds is 0. The largest absolute Gasteiger partial charge is 0.207 e. The van der Waals surface area contributed by atoms with Crippen molar-refractivity contribution in [1.82, 2.24) is 0 Å². The van der Waals surface area contributed by atoms with Crippen LogP contribution in [0.3, 0.4) is 0 Å². The summed E-state index contributed by atoms with van der Waals surface area (Å²) < 4.78 is 13.5. The average molecular weight is 250 g/mol. The van der Waals surface area contributed by atoms with Crippen molar-refractivity contribution in [3.63, 3.8) is 0 Å². The van der Waals surface area contributed by atoms with Gasteiger partial charge in [-0.05, 0) is 71.2 Å². The predicted molar refractivity (Wildman–Crippen MR) is 76.6 cm³/mol. The minimum atomic E-state index is -0.135. The molecule has 94 valence electrons. The molecular weight excluding hydrogens is 235 g/mol. The normalized spacial score (nSPS) is 15.6. The van der Waals surface area contributed by atoms with Gasteiger partial charge in [0, 0.05) is 0 Å². The first-order valence-corrected chi connectivity index (χ1v) is 6.93. The van der Waals surface area contributed by atoms with Gasteiger partial charge >= 0.3 is 0 Å². The molecule has 0 atom stereocenters. The Labute approximate surface area is 112 Å². The summed E-state index contributed by atoms with van der Waals surface area (Å²) in [6, 6.07) is 9.56. The third kappa shape index (κ3) is 1.65. The molecule has 0 radical (unpaired) electrons. The SMILES string of the molecule is Fc1ccc2c(c1)-c1ccc3c(c1CC2)CCC=C3. The fraction of sp³-hybridized carbons (Fsp3) is 0.222. The van der Waals surface area contributed by atoms with Crippen LogP contribution in [0.15, 0.2) is 36.4 Å². The summed E-state index contributed by atoms with van der Waals surface area (Å²) in [5, 5.41) is 0. The minimum Gasteiger partial charge on any atom is -0.207 e. The van der Waals surface area contributed by atoms with Gasteiger partial charge < -0.3 is 0 Å². The molecule has 0 aliphatic heterocycles. The van der Waals surface area contributed by atoms with Crippen molar-refractivity contribution in [2.45, 2.75) is 25.7 Å². The first kappa shape index (κ1) is 11.0. The van der Waals surface area contributed by atoms with Gasteiger partial charge in [0.2, 0.25) is 0 Å². The Hall–Kier alpha value is -1.89. The van der Waals surface area contributed by atoms with Crippen molar-refractivity contribution >= 4 is 6.08 Å². The standard InChI is InChI=1S/C18H15F/c19-14-8-5-13-7-9-16-15-4-2-1-3-12(15)6-10-17(16)18(13)11-14/h1,3,5-6,8,10-11H,2,4,7,9H2. The molecule has 0 amide bonds. The van der Waals surface area contributed by atoms with E-state index in [9.17, 15) is 4.39 Å². The van der Waals surface area contributed by atoms with E-state index in [1.54, 1.807) is 12.1 Å². The van der Waals surface area contributed by atoms with E-state index in [1.165, 1.54) is 27.8 Å². The van der Waals surface area contributed by atoms with Gasteiger partial charge in [0.05, 0.1) is 0 Å². The summed E-state index contributed by atoms with van der Waals surface area (Å²) in [5.74, 6) is -0.135. The molecule has 0 nitrogen and oxygen atoms in total. The smallest absolute Gasteiger partial charge is 0.123 e. The second-order valence-corrected chi connectivity index (χ2v) is 5.40. The Balaban J connectivity index is 1.98. The zero-order valence-electron chi connectivity index (χ0n) is 10.7. The minimum absolute atomic E-state index is 0.135. The molecule has 0 saturated carbocycles. The highest BCUT2D eigenvalue weighted by Gasteiger charge is 2.21. The summed E-state index contributed by atoms with van der Waals surface area (Å²) >= 11 is 0. The number of allylic oxidation sites excluding steroid dienone is 1. The van der Waals surface area contributed by atoms with E-state index in [1.807, 2.05) is 6.07 Å². The quantitative estimate of drug-likeness (QED) is 0.643. The van der Waals surface area contributed by atoms with Crippen LogP contribution >= 0.6 is 0 Å². The van der Waals surface area contributed by atoms with Crippen molar-refractivity contribution in [3.8, 4) is 11.1 Å². The number of hydrogen-bond donors (Lipinski definition) is 0. The van der Waals surface area contributed by atoms with Gasteiger partial charge in [-0.1, -0.05) is 30.4 Å². The van der Waals surface area contributed by atoms with Gasteiger partial charge in [-0.25, -0.2) is 4.39 Å². The predicted octanol–water partition coefficient (Wildman–Crippen LogP) is 4.55. The lowest BCUT2D eigenvalue weighted by molar-refractivity contribution is 0.627. The Morgan fingerprint density at radius 1 is 0.842 bits per heavy atom. The number of aryl methyl sites for hydroxylation is 1. The highest BCUT2D eigenvalue weighted by atomic mass is 19.1. The van der Waals surface area contributed by atoms with Gasteiger partial charge in [0.25, 0.3) is 0 Å². The molecule has 2 aromatic rings. The van der Waals surface area contributed by atoms with Crippen molar-refractivity contribution < 1.29 is 4.39 Å². The molecule has 0 saturated heterocycles. The third-order valence-corrected chi connectivity index (χ3v) is 4.33. The van der Waals surface area contributed by atoms with Crippen LogP contribution in [-0.2, 0) is 19.3 Å². The lowest BCUT2D eigenvalue weighted by atomic mass is 9.79. The highest BCUT2D eigenvalue weighted by Crippen LogP contribution is 2.38. The van der Waals surface area contributed by atoms with E-state index in [4.69, 9.17) is 0 Å². The molecule has 0 fully saturated rings. The van der Waals surface area contributed by atoms with Crippen LogP contribution in [0.25, 0.3) is 17.2 Å². The van der Waals surface area contributed by atoms with Crippen LogP contribution in [0.4, 0.5) is 4.39 Å². The Kier molecular flexibility index (Phi) is 2.34. The summed E-state index contributed by atoms with van der Waals surface area (Å²) in [6.07, 6.45) is 8.83. The van der Waals surface area contributed by atoms with Crippen LogP contribution in [0.1, 0.15) is 28.7 Å². The second kappa shape index (κ2) is 4.06. The number of halogens is 1. The fourth-order valence-corrected chi connectivity index (χ4v) is 3.42. The van der Waals surface area contributed by atoms with Crippen molar-refractivity contribution in [2.75, 3.05) is 0 Å². The van der Waals surface area contributed by atoms with Crippen LogP contribution in [0, 0.1) is 5.82 Å². The van der Waals surface area contributed by atoms with Gasteiger partial charge in [0.1, 0.15) is 5.82 Å². The zero-order chi connectivity index (χ0) is 12.8. The molecule has 0 unspecified atom stereocenters. The molecule has 0 bridgehead atoms. The number of fused-ring (bicyclic) bond motifs is 5. The molecule has 2 aliphatic rings. The van der Waals surface area contributed by atoms with Gasteiger partial charge in [-0.2, -0.15) is 0 Å². The lowest BCUT2D eigenvalue weighted by Gasteiger charge is -2.25. The molecule has 0 aromatic heterocycles. The van der Waals surface area contributed by atoms with Crippen molar-refractivity contribution in [3.05, 3.63) is 64.5 Å². The summed E-state index contributed by atoms with van der Waals surface area (Å²) in [7, 11) is 0. The first-order chi connectivity index (χ1) is 9.33. The van der Waals surface area contributed by atoms with E-state index >= 15 is 0 Å². The van der Waals surface area contributed by atoms with Crippen molar-refractivity contribution in [1.29, 1.82) is 0 Å². The van der Waals surface area contributed by atoms with Gasteiger partial charge in [-0.15, -0.1) is 0 Å². The molecule has 4 rings (SSSR count). The molecule has 2 aromatic carbocycles. The van der Waals surface area contributed by atoms with Crippen LogP contribution in [-0.4, -0.2) is 0 Å². The monoisotopic (exact) mass is 250 g/mol. The third-order valence-electron chi connectivity index (χ3n) is 4.33. The van der Waals surface area contributed by atoms with Crippen LogP contribution in [0.2, 0.25) is 0 Å². The summed E-state index contributed by atoms with van der Waals surface area (Å²) in [6.45, 7) is 0. The van der Waals surface area contributed by atoms with Crippen LogP contribution in [0.5, 0.6) is 0 Å². The average Bonchev–Trinajstić information content (AvgIpc) is 2.46. The van der Waals surface area contributed by atoms with E-state index in [0.717, 1.165) is 31.2 Å². The molecule has 0 spiro atoms. The van der Waals surface area contributed by atoms with Gasteiger partial charge in [0.15, 0.2) is 0 Å². The van der Waals surface area contributed by atoms with E-state index in [0.29, 0.717) is 0 Å².